The number of imidazole rings is 1. The Morgan fingerprint density at radius 3 is 2.72 bits per heavy atom. The fraction of sp³-hybridized carbons (Fsp3) is 0.0500. The van der Waals surface area contributed by atoms with Crippen LogP contribution in [0.15, 0.2) is 73.2 Å². The van der Waals surface area contributed by atoms with Crippen molar-refractivity contribution in [2.45, 2.75) is 6.54 Å². The molecule has 0 saturated carbocycles. The van der Waals surface area contributed by atoms with Crippen LogP contribution in [0, 0.1) is 0 Å². The molecule has 0 saturated heterocycles. The van der Waals surface area contributed by atoms with E-state index >= 15 is 0 Å². The van der Waals surface area contributed by atoms with Gasteiger partial charge < -0.3 is 0 Å². The van der Waals surface area contributed by atoms with Crippen LogP contribution in [-0.4, -0.2) is 18.9 Å². The second-order valence-corrected chi connectivity index (χ2v) is 6.28. The molecule has 5 heterocycles. The SMILES string of the molecule is c1ccc(-n2c3[n+](c4cc5ncccn5c42)Cc2ncccc2-3)cc1. The molecule has 0 fully saturated rings. The first-order valence-corrected chi connectivity index (χ1v) is 8.32. The molecule has 0 amide bonds. The lowest BCUT2D eigenvalue weighted by Gasteiger charge is -2.02. The molecule has 1 aliphatic rings. The third kappa shape index (κ3) is 1.59. The van der Waals surface area contributed by atoms with Gasteiger partial charge in [-0.3, -0.25) is 9.38 Å². The van der Waals surface area contributed by atoms with Crippen molar-refractivity contribution in [1.82, 2.24) is 18.9 Å². The Bertz CT molecular complexity index is 1260. The molecular formula is C20H14N5+. The van der Waals surface area contributed by atoms with Crippen molar-refractivity contribution in [2.24, 2.45) is 0 Å². The zero-order valence-electron chi connectivity index (χ0n) is 13.4. The van der Waals surface area contributed by atoms with E-state index in [1.807, 2.05) is 30.6 Å². The normalized spacial score (nSPS) is 12.6. The summed E-state index contributed by atoms with van der Waals surface area (Å²) in [5, 5.41) is 0. The molecule has 0 bridgehead atoms. The van der Waals surface area contributed by atoms with Gasteiger partial charge in [0.15, 0.2) is 5.52 Å². The number of para-hydroxylation sites is 1. The molecule has 25 heavy (non-hydrogen) atoms. The zero-order chi connectivity index (χ0) is 16.4. The lowest BCUT2D eigenvalue weighted by atomic mass is 10.2. The molecule has 0 N–H and O–H groups in total. The highest BCUT2D eigenvalue weighted by molar-refractivity contribution is 5.83. The Morgan fingerprint density at radius 1 is 0.920 bits per heavy atom. The Kier molecular flexibility index (Phi) is 2.34. The van der Waals surface area contributed by atoms with Gasteiger partial charge in [0.2, 0.25) is 0 Å². The fourth-order valence-corrected chi connectivity index (χ4v) is 3.90. The molecule has 1 aromatic carbocycles. The molecule has 0 radical (unpaired) electrons. The first kappa shape index (κ1) is 12.9. The summed E-state index contributed by atoms with van der Waals surface area (Å²) in [6.07, 6.45) is 5.78. The van der Waals surface area contributed by atoms with Crippen molar-refractivity contribution >= 4 is 16.8 Å². The van der Waals surface area contributed by atoms with Crippen molar-refractivity contribution in [3.8, 4) is 17.1 Å². The van der Waals surface area contributed by atoms with Crippen molar-refractivity contribution in [1.29, 1.82) is 0 Å². The molecule has 0 spiro atoms. The minimum absolute atomic E-state index is 0.790. The second-order valence-electron chi connectivity index (χ2n) is 6.28. The molecule has 0 atom stereocenters. The van der Waals surface area contributed by atoms with Gasteiger partial charge in [0.25, 0.3) is 11.5 Å². The molecule has 5 nitrogen and oxygen atoms in total. The minimum atomic E-state index is 0.790. The van der Waals surface area contributed by atoms with E-state index in [4.69, 9.17) is 0 Å². The predicted octanol–water partition coefficient (Wildman–Crippen LogP) is 2.99. The third-order valence-corrected chi connectivity index (χ3v) is 4.92. The van der Waals surface area contributed by atoms with Crippen molar-refractivity contribution in [2.75, 3.05) is 0 Å². The van der Waals surface area contributed by atoms with Gasteiger partial charge in [0.05, 0.1) is 11.3 Å². The Labute approximate surface area is 143 Å². The standard InChI is InChI=1S/C20H14N5/c1-2-6-14(7-3-1)25-19-15-8-4-9-21-16(15)13-24(19)17-12-18-22-10-5-11-23(18)20(17)25/h1-12H,13H2/q+1. The van der Waals surface area contributed by atoms with Crippen LogP contribution in [-0.2, 0) is 6.54 Å². The van der Waals surface area contributed by atoms with Crippen molar-refractivity contribution in [3.63, 3.8) is 0 Å². The molecule has 6 rings (SSSR count). The van der Waals surface area contributed by atoms with E-state index in [9.17, 15) is 0 Å². The van der Waals surface area contributed by atoms with E-state index < -0.39 is 0 Å². The van der Waals surface area contributed by atoms with Crippen LogP contribution in [0.1, 0.15) is 5.69 Å². The molecule has 118 valence electrons. The van der Waals surface area contributed by atoms with Crippen LogP contribution in [0.25, 0.3) is 33.9 Å². The average molecular weight is 324 g/mol. The molecule has 4 aromatic heterocycles. The van der Waals surface area contributed by atoms with Crippen LogP contribution in [0.4, 0.5) is 0 Å². The predicted molar refractivity (Wildman–Crippen MR) is 94.6 cm³/mol. The van der Waals surface area contributed by atoms with E-state index in [1.54, 1.807) is 0 Å². The maximum absolute atomic E-state index is 4.59. The summed E-state index contributed by atoms with van der Waals surface area (Å²) in [4.78, 5) is 9.11. The highest BCUT2D eigenvalue weighted by Gasteiger charge is 2.37. The summed E-state index contributed by atoms with van der Waals surface area (Å²) in [5.74, 6) is 1.18. The summed E-state index contributed by atoms with van der Waals surface area (Å²) >= 11 is 0. The highest BCUT2D eigenvalue weighted by Crippen LogP contribution is 2.33. The van der Waals surface area contributed by atoms with E-state index in [2.05, 4.69) is 66.1 Å². The molecule has 0 unspecified atom stereocenters. The number of aromatic nitrogens is 5. The largest absolute Gasteiger partial charge is 0.298 e. The number of pyridine rings is 1. The monoisotopic (exact) mass is 324 g/mol. The number of benzene rings is 1. The van der Waals surface area contributed by atoms with E-state index in [0.717, 1.165) is 29.2 Å². The molecule has 0 aliphatic carbocycles. The summed E-state index contributed by atoms with van der Waals surface area (Å²) in [6.45, 7) is 0.790. The van der Waals surface area contributed by atoms with Crippen molar-refractivity contribution < 1.29 is 4.57 Å². The quantitative estimate of drug-likeness (QED) is 0.436. The maximum atomic E-state index is 4.59. The number of fused-ring (bicyclic) bond motifs is 7. The van der Waals surface area contributed by atoms with E-state index in [-0.39, 0.29) is 0 Å². The van der Waals surface area contributed by atoms with Gasteiger partial charge in [0.1, 0.15) is 17.9 Å². The number of nitrogens with zero attached hydrogens (tertiary/aromatic N) is 5. The zero-order valence-corrected chi connectivity index (χ0v) is 13.4. The Balaban J connectivity index is 1.84. The summed E-state index contributed by atoms with van der Waals surface area (Å²) in [7, 11) is 0. The van der Waals surface area contributed by atoms with Crippen LogP contribution >= 0.6 is 0 Å². The van der Waals surface area contributed by atoms with Crippen molar-refractivity contribution in [3.05, 3.63) is 78.9 Å². The first-order valence-electron chi connectivity index (χ1n) is 8.32. The fourth-order valence-electron chi connectivity index (χ4n) is 3.90. The van der Waals surface area contributed by atoms with Crippen LogP contribution in [0.3, 0.4) is 0 Å². The second kappa shape index (κ2) is 4.54. The molecule has 5 heteroatoms. The average Bonchev–Trinajstić information content (AvgIpc) is 3.30. The maximum Gasteiger partial charge on any atom is 0.298 e. The third-order valence-electron chi connectivity index (χ3n) is 4.92. The van der Waals surface area contributed by atoms with Crippen LogP contribution in [0.2, 0.25) is 0 Å². The summed E-state index contributed by atoms with van der Waals surface area (Å²) < 4.78 is 6.82. The molecule has 1 aliphatic heterocycles. The lowest BCUT2D eigenvalue weighted by molar-refractivity contribution is -0.646. The summed E-state index contributed by atoms with van der Waals surface area (Å²) in [5.41, 5.74) is 6.72. The first-order chi connectivity index (χ1) is 12.4. The van der Waals surface area contributed by atoms with Gasteiger partial charge in [-0.15, -0.1) is 0 Å². The van der Waals surface area contributed by atoms with Gasteiger partial charge in [0, 0.05) is 24.7 Å². The van der Waals surface area contributed by atoms with Crippen LogP contribution < -0.4 is 4.57 Å². The Hall–Kier alpha value is -3.47. The van der Waals surface area contributed by atoms with Gasteiger partial charge in [-0.1, -0.05) is 18.2 Å². The number of hydrogen-bond acceptors (Lipinski definition) is 2. The Morgan fingerprint density at radius 2 is 1.80 bits per heavy atom. The smallest absolute Gasteiger partial charge is 0.264 e. The van der Waals surface area contributed by atoms with E-state index in [0.29, 0.717) is 0 Å². The van der Waals surface area contributed by atoms with Gasteiger partial charge in [-0.25, -0.2) is 9.55 Å². The van der Waals surface area contributed by atoms with Gasteiger partial charge in [-0.2, -0.15) is 4.57 Å². The summed E-state index contributed by atoms with van der Waals surface area (Å²) in [6, 6.07) is 18.8. The number of rotatable bonds is 1. The topological polar surface area (TPSA) is 39.0 Å². The van der Waals surface area contributed by atoms with E-state index in [1.165, 1.54) is 16.9 Å². The molecule has 5 aromatic rings. The molecular weight excluding hydrogens is 310 g/mol. The lowest BCUT2D eigenvalue weighted by Crippen LogP contribution is -2.31. The van der Waals surface area contributed by atoms with Gasteiger partial charge in [-0.05, 0) is 30.3 Å². The van der Waals surface area contributed by atoms with Crippen LogP contribution in [0.5, 0.6) is 0 Å². The van der Waals surface area contributed by atoms with Gasteiger partial charge >= 0.3 is 0 Å². The minimum Gasteiger partial charge on any atom is -0.264 e. The number of hydrogen-bond donors (Lipinski definition) is 0. The highest BCUT2D eigenvalue weighted by atomic mass is 15.3.